The average Bonchev–Trinajstić information content (AvgIpc) is 2.17. The predicted octanol–water partition coefficient (Wildman–Crippen LogP) is 2.30. The van der Waals surface area contributed by atoms with Crippen LogP contribution in [0.5, 0.6) is 0 Å². The van der Waals surface area contributed by atoms with Gasteiger partial charge in [0.2, 0.25) is 5.91 Å². The van der Waals surface area contributed by atoms with Crippen molar-refractivity contribution in [2.24, 2.45) is 0 Å². The van der Waals surface area contributed by atoms with Crippen molar-refractivity contribution in [1.29, 1.82) is 0 Å². The van der Waals surface area contributed by atoms with E-state index in [-0.39, 0.29) is 11.4 Å². The third-order valence-corrected chi connectivity index (χ3v) is 2.76. The first kappa shape index (κ1) is 11.8. The highest BCUT2D eigenvalue weighted by molar-refractivity contribution is 5.80. The Morgan fingerprint density at radius 1 is 1.33 bits per heavy atom. The summed E-state index contributed by atoms with van der Waals surface area (Å²) in [5, 5.41) is 0. The molecule has 15 heavy (non-hydrogen) atoms. The lowest BCUT2D eigenvalue weighted by Gasteiger charge is -2.35. The molecule has 0 saturated carbocycles. The van der Waals surface area contributed by atoms with Crippen molar-refractivity contribution in [3.05, 3.63) is 42.8 Å². The van der Waals surface area contributed by atoms with Gasteiger partial charge in [0.05, 0.1) is 0 Å². The lowest BCUT2D eigenvalue weighted by atomic mass is 9.93. The Kier molecular flexibility index (Phi) is 3.51. The Morgan fingerprint density at radius 3 is 2.33 bits per heavy atom. The van der Waals surface area contributed by atoms with Gasteiger partial charge in [-0.1, -0.05) is 30.3 Å². The van der Waals surface area contributed by atoms with Crippen LogP contribution in [-0.4, -0.2) is 23.4 Å². The van der Waals surface area contributed by atoms with Crippen molar-refractivity contribution in [1.82, 2.24) is 4.90 Å². The molecule has 0 unspecified atom stereocenters. The molecule has 0 aliphatic carbocycles. The summed E-state index contributed by atoms with van der Waals surface area (Å²) in [4.78, 5) is 12.9. The van der Waals surface area contributed by atoms with Gasteiger partial charge in [-0.05, 0) is 25.8 Å². The summed E-state index contributed by atoms with van der Waals surface area (Å²) in [6, 6.07) is 10.2. The highest BCUT2D eigenvalue weighted by atomic mass is 16.2. The fourth-order valence-electron chi connectivity index (χ4n) is 1.55. The molecule has 0 aromatic heterocycles. The van der Waals surface area contributed by atoms with Crippen LogP contribution in [0.2, 0.25) is 0 Å². The smallest absolute Gasteiger partial charge is 0.223 e. The van der Waals surface area contributed by atoms with Crippen molar-refractivity contribution in [2.45, 2.75) is 25.8 Å². The molecule has 0 aliphatic heterocycles. The molecule has 0 aliphatic rings. The van der Waals surface area contributed by atoms with E-state index < -0.39 is 0 Å². The van der Waals surface area contributed by atoms with Crippen LogP contribution in [0.15, 0.2) is 30.3 Å². The molecule has 0 spiro atoms. The third-order valence-electron chi connectivity index (χ3n) is 2.76. The maximum atomic E-state index is 11.2. The normalized spacial score (nSPS) is 11.2. The average molecular weight is 204 g/mol. The highest BCUT2D eigenvalue weighted by Gasteiger charge is 2.25. The topological polar surface area (TPSA) is 20.3 Å². The van der Waals surface area contributed by atoms with Gasteiger partial charge >= 0.3 is 0 Å². The van der Waals surface area contributed by atoms with Gasteiger partial charge in [-0.25, -0.2) is 0 Å². The van der Waals surface area contributed by atoms with Gasteiger partial charge in [0.1, 0.15) is 0 Å². The molecule has 2 heteroatoms. The fourth-order valence-corrected chi connectivity index (χ4v) is 1.55. The van der Waals surface area contributed by atoms with E-state index in [0.29, 0.717) is 0 Å². The van der Waals surface area contributed by atoms with Crippen molar-refractivity contribution in [2.75, 3.05) is 7.05 Å². The van der Waals surface area contributed by atoms with Gasteiger partial charge in [-0.2, -0.15) is 0 Å². The van der Waals surface area contributed by atoms with Gasteiger partial charge in [-0.3, -0.25) is 4.79 Å². The standard InChI is InChI=1S/C13H18NO/c1-11(15)14(4)13(2,3)10-12-8-6-5-7-9-12/h5-9H,1,10H2,2-4H3. The molecule has 1 aromatic carbocycles. The van der Waals surface area contributed by atoms with E-state index in [0.717, 1.165) is 6.42 Å². The summed E-state index contributed by atoms with van der Waals surface area (Å²) in [6.45, 7) is 7.52. The molecule has 1 amide bonds. The first-order valence-electron chi connectivity index (χ1n) is 5.07. The van der Waals surface area contributed by atoms with E-state index in [1.54, 1.807) is 11.9 Å². The number of hydrogen-bond donors (Lipinski definition) is 0. The van der Waals surface area contributed by atoms with Gasteiger partial charge in [0, 0.05) is 19.5 Å². The molecule has 0 heterocycles. The predicted molar refractivity (Wildman–Crippen MR) is 62.4 cm³/mol. The van der Waals surface area contributed by atoms with Gasteiger partial charge in [-0.15, -0.1) is 0 Å². The van der Waals surface area contributed by atoms with Gasteiger partial charge < -0.3 is 4.90 Å². The zero-order valence-corrected chi connectivity index (χ0v) is 9.66. The van der Waals surface area contributed by atoms with Crippen LogP contribution in [0.4, 0.5) is 0 Å². The molecule has 0 saturated heterocycles. The van der Waals surface area contributed by atoms with Crippen molar-refractivity contribution in [3.63, 3.8) is 0 Å². The first-order valence-corrected chi connectivity index (χ1v) is 5.07. The Balaban J connectivity index is 2.76. The van der Waals surface area contributed by atoms with Gasteiger partial charge in [0.25, 0.3) is 0 Å². The Hall–Kier alpha value is -1.31. The maximum Gasteiger partial charge on any atom is 0.223 e. The SMILES string of the molecule is [CH2]C(=O)N(C)C(C)(C)Cc1ccccc1. The van der Waals surface area contributed by atoms with E-state index in [1.807, 2.05) is 32.0 Å². The second kappa shape index (κ2) is 4.47. The lowest BCUT2D eigenvalue weighted by molar-refractivity contribution is -0.129. The van der Waals surface area contributed by atoms with Crippen molar-refractivity contribution in [3.8, 4) is 0 Å². The molecule has 1 rings (SSSR count). The molecular weight excluding hydrogens is 186 g/mol. The van der Waals surface area contributed by atoms with E-state index in [2.05, 4.69) is 19.1 Å². The van der Waals surface area contributed by atoms with Crippen LogP contribution in [0.1, 0.15) is 19.4 Å². The summed E-state index contributed by atoms with van der Waals surface area (Å²) in [5.74, 6) is -0.143. The Labute approximate surface area is 91.9 Å². The van der Waals surface area contributed by atoms with Crippen LogP contribution in [0.3, 0.4) is 0 Å². The van der Waals surface area contributed by atoms with E-state index >= 15 is 0 Å². The van der Waals surface area contributed by atoms with Crippen LogP contribution in [-0.2, 0) is 11.2 Å². The summed E-state index contributed by atoms with van der Waals surface area (Å²) >= 11 is 0. The molecule has 2 nitrogen and oxygen atoms in total. The fraction of sp³-hybridized carbons (Fsp3) is 0.385. The Morgan fingerprint density at radius 2 is 1.87 bits per heavy atom. The second-order valence-corrected chi connectivity index (χ2v) is 4.43. The summed E-state index contributed by atoms with van der Waals surface area (Å²) in [6.07, 6.45) is 0.839. The van der Waals surface area contributed by atoms with Crippen LogP contribution < -0.4 is 0 Å². The number of likely N-dealkylation sites (N-methyl/N-ethyl adjacent to an activating group) is 1. The minimum atomic E-state index is -0.194. The lowest BCUT2D eigenvalue weighted by Crippen LogP contribution is -2.45. The molecule has 0 fully saturated rings. The molecule has 0 N–H and O–H groups in total. The number of benzene rings is 1. The largest absolute Gasteiger partial charge is 0.340 e. The molecule has 1 radical (unpaired) electrons. The van der Waals surface area contributed by atoms with Crippen LogP contribution in [0.25, 0.3) is 0 Å². The molecule has 0 bridgehead atoms. The zero-order valence-electron chi connectivity index (χ0n) is 9.66. The van der Waals surface area contributed by atoms with Crippen molar-refractivity contribution >= 4 is 5.91 Å². The summed E-state index contributed by atoms with van der Waals surface area (Å²) < 4.78 is 0. The summed E-state index contributed by atoms with van der Waals surface area (Å²) in [5.41, 5.74) is 1.04. The van der Waals surface area contributed by atoms with Crippen molar-refractivity contribution < 1.29 is 4.79 Å². The van der Waals surface area contributed by atoms with E-state index in [4.69, 9.17) is 0 Å². The number of rotatable bonds is 3. The molecular formula is C13H18NO. The van der Waals surface area contributed by atoms with Gasteiger partial charge in [0.15, 0.2) is 0 Å². The first-order chi connectivity index (χ1) is 6.93. The molecule has 81 valence electrons. The number of carbonyl (C=O) groups excluding carboxylic acids is 1. The number of amides is 1. The number of hydrogen-bond acceptors (Lipinski definition) is 1. The number of nitrogens with zero attached hydrogens (tertiary/aromatic N) is 1. The maximum absolute atomic E-state index is 11.2. The minimum absolute atomic E-state index is 0.143. The zero-order chi connectivity index (χ0) is 11.5. The highest BCUT2D eigenvalue weighted by Crippen LogP contribution is 2.18. The van der Waals surface area contributed by atoms with Crippen LogP contribution >= 0.6 is 0 Å². The third kappa shape index (κ3) is 3.08. The van der Waals surface area contributed by atoms with E-state index in [9.17, 15) is 4.79 Å². The minimum Gasteiger partial charge on any atom is -0.340 e. The summed E-state index contributed by atoms with van der Waals surface area (Å²) in [7, 11) is 1.79. The van der Waals surface area contributed by atoms with Crippen LogP contribution in [0, 0.1) is 6.92 Å². The van der Waals surface area contributed by atoms with E-state index in [1.165, 1.54) is 5.56 Å². The second-order valence-electron chi connectivity index (χ2n) is 4.43. The quantitative estimate of drug-likeness (QED) is 0.739. The Bertz CT molecular complexity index is 330. The number of carbonyl (C=O) groups is 1. The molecule has 0 atom stereocenters. The monoisotopic (exact) mass is 204 g/mol. The molecule has 1 aromatic rings.